The van der Waals surface area contributed by atoms with E-state index < -0.39 is 12.0 Å². The van der Waals surface area contributed by atoms with E-state index in [-0.39, 0.29) is 22.9 Å². The van der Waals surface area contributed by atoms with Gasteiger partial charge in [0.15, 0.2) is 0 Å². The number of nitrogen functional groups attached to an aromatic ring is 1. The van der Waals surface area contributed by atoms with E-state index in [4.69, 9.17) is 5.84 Å². The number of hydrogen-bond acceptors (Lipinski definition) is 5. The van der Waals surface area contributed by atoms with Crippen LogP contribution in [-0.2, 0) is 17.4 Å². The lowest BCUT2D eigenvalue weighted by Crippen LogP contribution is -2.28. The van der Waals surface area contributed by atoms with Gasteiger partial charge in [-0.3, -0.25) is 4.79 Å². The van der Waals surface area contributed by atoms with Crippen molar-refractivity contribution in [3.05, 3.63) is 41.2 Å². The highest BCUT2D eigenvalue weighted by atomic mass is 32.2. The van der Waals surface area contributed by atoms with Gasteiger partial charge in [0.2, 0.25) is 11.1 Å². The van der Waals surface area contributed by atoms with Gasteiger partial charge >= 0.3 is 6.18 Å². The molecule has 0 radical (unpaired) electrons. The summed E-state index contributed by atoms with van der Waals surface area (Å²) in [6, 6.07) is 7.75. The number of benzene rings is 1. The molecule has 1 aromatic carbocycles. The van der Waals surface area contributed by atoms with E-state index >= 15 is 0 Å². The molecule has 0 aliphatic rings. The van der Waals surface area contributed by atoms with Crippen LogP contribution in [0.15, 0.2) is 29.4 Å². The Bertz CT molecular complexity index is 774. The molecule has 10 heteroatoms. The summed E-state index contributed by atoms with van der Waals surface area (Å²) in [7, 11) is 0. The van der Waals surface area contributed by atoms with Crippen LogP contribution in [0.4, 0.5) is 13.2 Å². The number of nitrogens with zero attached hydrogens (tertiary/aromatic N) is 3. The quantitative estimate of drug-likeness (QED) is 0.550. The molecular formula is C17H22F3N5OS. The molecule has 2 rings (SSSR count). The smallest absolute Gasteiger partial charge is 0.349 e. The Morgan fingerprint density at radius 2 is 1.85 bits per heavy atom. The number of nitrogens with two attached hydrogens (primary N) is 1. The van der Waals surface area contributed by atoms with Gasteiger partial charge in [-0.2, -0.15) is 13.2 Å². The first kappa shape index (κ1) is 21.1. The van der Waals surface area contributed by atoms with E-state index in [0.717, 1.165) is 23.7 Å². The van der Waals surface area contributed by atoms with Gasteiger partial charge in [0.25, 0.3) is 5.82 Å². The second-order valence-electron chi connectivity index (χ2n) is 6.59. The summed E-state index contributed by atoms with van der Waals surface area (Å²) in [5.74, 6) is 4.13. The van der Waals surface area contributed by atoms with Crippen LogP contribution >= 0.6 is 11.8 Å². The lowest BCUT2D eigenvalue weighted by molar-refractivity contribution is -0.146. The van der Waals surface area contributed by atoms with E-state index in [0.29, 0.717) is 10.6 Å². The monoisotopic (exact) mass is 401 g/mol. The first-order valence-corrected chi connectivity index (χ1v) is 9.35. The topological polar surface area (TPSA) is 85.8 Å². The highest BCUT2D eigenvalue weighted by Gasteiger charge is 2.38. The van der Waals surface area contributed by atoms with E-state index in [2.05, 4.69) is 29.4 Å². The maximum atomic E-state index is 12.6. The first-order chi connectivity index (χ1) is 12.6. The average Bonchev–Trinajstić information content (AvgIpc) is 2.94. The van der Waals surface area contributed by atoms with E-state index in [1.807, 2.05) is 31.2 Å². The van der Waals surface area contributed by atoms with Gasteiger partial charge < -0.3 is 11.2 Å². The summed E-state index contributed by atoms with van der Waals surface area (Å²) < 4.78 is 38.2. The van der Waals surface area contributed by atoms with Crippen molar-refractivity contribution in [1.82, 2.24) is 20.2 Å². The minimum atomic E-state index is -4.70. The van der Waals surface area contributed by atoms with Crippen molar-refractivity contribution >= 4 is 17.7 Å². The Morgan fingerprint density at radius 3 is 2.37 bits per heavy atom. The van der Waals surface area contributed by atoms with Gasteiger partial charge in [-0.15, -0.1) is 10.2 Å². The number of rotatable bonds is 7. The van der Waals surface area contributed by atoms with Crippen molar-refractivity contribution in [1.29, 1.82) is 0 Å². The van der Waals surface area contributed by atoms with E-state index in [1.54, 1.807) is 0 Å². The number of alkyl halides is 3. The molecule has 1 amide bonds. The standard InChI is InChI=1S/C17H22F3N5OS/c1-10(2)8-12-4-6-13(7-5-12)11(3)22-14(26)9-27-16-24-23-15(25(16)21)17(18,19)20/h4-7,10-11H,8-9,21H2,1-3H3,(H,22,26)/t11-/m0/s1. The van der Waals surface area contributed by atoms with Gasteiger partial charge in [-0.25, -0.2) is 4.68 Å². The van der Waals surface area contributed by atoms with Crippen LogP contribution in [0.5, 0.6) is 0 Å². The molecule has 1 aromatic heterocycles. The molecule has 0 saturated carbocycles. The Hall–Kier alpha value is -2.23. The van der Waals surface area contributed by atoms with Crippen LogP contribution in [0.3, 0.4) is 0 Å². The molecule has 0 saturated heterocycles. The van der Waals surface area contributed by atoms with Crippen LogP contribution in [0, 0.1) is 5.92 Å². The fourth-order valence-electron chi connectivity index (χ4n) is 2.48. The summed E-state index contributed by atoms with van der Waals surface area (Å²) in [4.78, 5) is 12.1. The third kappa shape index (κ3) is 5.88. The van der Waals surface area contributed by atoms with Crippen LogP contribution < -0.4 is 11.2 Å². The van der Waals surface area contributed by atoms with E-state index in [1.165, 1.54) is 5.56 Å². The molecule has 1 heterocycles. The molecule has 2 aromatic rings. The van der Waals surface area contributed by atoms with E-state index in [9.17, 15) is 18.0 Å². The molecule has 0 unspecified atom stereocenters. The van der Waals surface area contributed by atoms with Crippen molar-refractivity contribution in [2.75, 3.05) is 11.6 Å². The molecule has 0 fully saturated rings. The van der Waals surface area contributed by atoms with Crippen LogP contribution in [0.2, 0.25) is 0 Å². The number of carbonyl (C=O) groups is 1. The lowest BCUT2D eigenvalue weighted by Gasteiger charge is -2.15. The normalized spacial score (nSPS) is 13.0. The third-order valence-electron chi connectivity index (χ3n) is 3.75. The summed E-state index contributed by atoms with van der Waals surface area (Å²) in [6.45, 7) is 6.13. The predicted molar refractivity (Wildman–Crippen MR) is 97.4 cm³/mol. The maximum absolute atomic E-state index is 12.6. The van der Waals surface area contributed by atoms with Crippen molar-refractivity contribution in [3.63, 3.8) is 0 Å². The summed E-state index contributed by atoms with van der Waals surface area (Å²) in [6.07, 6.45) is -3.71. The SMILES string of the molecule is CC(C)Cc1ccc([C@H](C)NC(=O)CSc2nnc(C(F)(F)F)n2N)cc1. The zero-order chi connectivity index (χ0) is 20.2. The number of halogens is 3. The van der Waals surface area contributed by atoms with Crippen molar-refractivity contribution in [3.8, 4) is 0 Å². The van der Waals surface area contributed by atoms with Crippen LogP contribution in [0.1, 0.15) is 43.8 Å². The van der Waals surface area contributed by atoms with Gasteiger partial charge in [0.05, 0.1) is 11.8 Å². The fourth-order valence-corrected chi connectivity index (χ4v) is 3.15. The number of aromatic nitrogens is 3. The van der Waals surface area contributed by atoms with Crippen molar-refractivity contribution < 1.29 is 18.0 Å². The fraction of sp³-hybridized carbons (Fsp3) is 0.471. The van der Waals surface area contributed by atoms with Gasteiger partial charge in [-0.05, 0) is 30.4 Å². The molecule has 27 heavy (non-hydrogen) atoms. The molecule has 6 nitrogen and oxygen atoms in total. The number of amides is 1. The minimum Gasteiger partial charge on any atom is -0.349 e. The predicted octanol–water partition coefficient (Wildman–Crippen LogP) is 3.18. The molecule has 0 bridgehead atoms. The van der Waals surface area contributed by atoms with Crippen molar-refractivity contribution in [2.45, 2.75) is 44.6 Å². The molecule has 1 atom stereocenters. The highest BCUT2D eigenvalue weighted by molar-refractivity contribution is 7.99. The Labute approximate surface area is 159 Å². The maximum Gasteiger partial charge on any atom is 0.453 e. The van der Waals surface area contributed by atoms with Gasteiger partial charge in [0, 0.05) is 0 Å². The second-order valence-corrected chi connectivity index (χ2v) is 7.53. The minimum absolute atomic E-state index is 0.122. The molecule has 0 aliphatic carbocycles. The molecule has 3 N–H and O–H groups in total. The van der Waals surface area contributed by atoms with Gasteiger partial charge in [0.1, 0.15) is 0 Å². The summed E-state index contributed by atoms with van der Waals surface area (Å²) >= 11 is 0.791. The zero-order valence-electron chi connectivity index (χ0n) is 15.2. The molecule has 148 valence electrons. The summed E-state index contributed by atoms with van der Waals surface area (Å²) in [5.41, 5.74) is 2.17. The van der Waals surface area contributed by atoms with Crippen molar-refractivity contribution in [2.24, 2.45) is 5.92 Å². The highest BCUT2D eigenvalue weighted by Crippen LogP contribution is 2.28. The third-order valence-corrected chi connectivity index (χ3v) is 4.69. The van der Waals surface area contributed by atoms with Crippen LogP contribution in [0.25, 0.3) is 0 Å². The number of hydrogen-bond donors (Lipinski definition) is 2. The van der Waals surface area contributed by atoms with Gasteiger partial charge in [-0.1, -0.05) is 49.9 Å². The second kappa shape index (κ2) is 8.64. The number of nitrogens with one attached hydrogen (secondary N) is 1. The largest absolute Gasteiger partial charge is 0.453 e. The molecule has 0 aliphatic heterocycles. The summed E-state index contributed by atoms with van der Waals surface area (Å²) in [5, 5.41) is 9.01. The number of carbonyl (C=O) groups excluding carboxylic acids is 1. The molecule has 0 spiro atoms. The Balaban J connectivity index is 1.89. The molecular weight excluding hydrogens is 379 g/mol. The Kier molecular flexibility index (Phi) is 6.74. The Morgan fingerprint density at radius 1 is 1.22 bits per heavy atom. The average molecular weight is 401 g/mol. The number of thioether (sulfide) groups is 1. The first-order valence-electron chi connectivity index (χ1n) is 8.36. The van der Waals surface area contributed by atoms with Crippen LogP contribution in [-0.4, -0.2) is 26.5 Å². The lowest BCUT2D eigenvalue weighted by atomic mass is 10.00. The zero-order valence-corrected chi connectivity index (χ0v) is 16.1.